The lowest BCUT2D eigenvalue weighted by Crippen LogP contribution is -2.11. The molecule has 0 amide bonds. The SMILES string of the molecule is CC(C)OC(=O)c1cnn2c(Cl)ccnc12. The lowest BCUT2D eigenvalue weighted by atomic mass is 10.3. The number of rotatable bonds is 2. The molecule has 16 heavy (non-hydrogen) atoms. The van der Waals surface area contributed by atoms with Crippen LogP contribution >= 0.6 is 11.6 Å². The fraction of sp³-hybridized carbons (Fsp3) is 0.300. The van der Waals surface area contributed by atoms with Gasteiger partial charge in [0.05, 0.1) is 12.3 Å². The van der Waals surface area contributed by atoms with E-state index in [0.717, 1.165) is 0 Å². The number of aromatic nitrogens is 3. The van der Waals surface area contributed by atoms with Gasteiger partial charge in [0.15, 0.2) is 5.65 Å². The summed E-state index contributed by atoms with van der Waals surface area (Å²) in [6, 6.07) is 1.60. The van der Waals surface area contributed by atoms with Gasteiger partial charge in [-0.2, -0.15) is 5.10 Å². The summed E-state index contributed by atoms with van der Waals surface area (Å²) in [6.07, 6.45) is 2.74. The van der Waals surface area contributed by atoms with Crippen molar-refractivity contribution in [2.45, 2.75) is 20.0 Å². The third-order valence-corrected chi connectivity index (χ3v) is 2.20. The molecule has 0 fully saturated rings. The Hall–Kier alpha value is -1.62. The van der Waals surface area contributed by atoms with Crippen molar-refractivity contribution in [1.82, 2.24) is 14.6 Å². The van der Waals surface area contributed by atoms with Crippen LogP contribution in [0.3, 0.4) is 0 Å². The molecular weight excluding hydrogens is 230 g/mol. The average Bonchev–Trinajstić information content (AvgIpc) is 2.61. The first-order chi connectivity index (χ1) is 7.59. The molecule has 0 atom stereocenters. The smallest absolute Gasteiger partial charge is 0.343 e. The monoisotopic (exact) mass is 239 g/mol. The Morgan fingerprint density at radius 1 is 1.56 bits per heavy atom. The van der Waals surface area contributed by atoms with Crippen LogP contribution in [0.2, 0.25) is 5.15 Å². The molecule has 84 valence electrons. The predicted octanol–water partition coefficient (Wildman–Crippen LogP) is 1.95. The summed E-state index contributed by atoms with van der Waals surface area (Å²) in [6.45, 7) is 3.56. The Morgan fingerprint density at radius 3 is 3.00 bits per heavy atom. The van der Waals surface area contributed by atoms with E-state index in [1.54, 1.807) is 19.9 Å². The number of carbonyl (C=O) groups excluding carboxylic acids is 1. The van der Waals surface area contributed by atoms with Crippen LogP contribution in [0.15, 0.2) is 18.5 Å². The van der Waals surface area contributed by atoms with Crippen LogP contribution in [-0.4, -0.2) is 26.7 Å². The van der Waals surface area contributed by atoms with Gasteiger partial charge in [-0.25, -0.2) is 14.3 Å². The molecule has 2 heterocycles. The second kappa shape index (κ2) is 4.09. The van der Waals surface area contributed by atoms with E-state index in [1.165, 1.54) is 16.9 Å². The van der Waals surface area contributed by atoms with Gasteiger partial charge in [0.2, 0.25) is 0 Å². The number of hydrogen-bond donors (Lipinski definition) is 0. The van der Waals surface area contributed by atoms with Gasteiger partial charge in [-0.1, -0.05) is 11.6 Å². The molecule has 0 spiro atoms. The average molecular weight is 240 g/mol. The number of fused-ring (bicyclic) bond motifs is 1. The lowest BCUT2D eigenvalue weighted by Gasteiger charge is -2.05. The van der Waals surface area contributed by atoms with Crippen LogP contribution in [-0.2, 0) is 4.74 Å². The Balaban J connectivity index is 2.46. The van der Waals surface area contributed by atoms with Crippen LogP contribution < -0.4 is 0 Å². The Kier molecular flexibility index (Phi) is 2.78. The van der Waals surface area contributed by atoms with Crippen molar-refractivity contribution in [3.05, 3.63) is 29.2 Å². The molecule has 0 saturated heterocycles. The van der Waals surface area contributed by atoms with Crippen LogP contribution in [0, 0.1) is 0 Å². The van der Waals surface area contributed by atoms with E-state index in [0.29, 0.717) is 16.4 Å². The first-order valence-electron chi connectivity index (χ1n) is 4.79. The van der Waals surface area contributed by atoms with Gasteiger partial charge < -0.3 is 4.74 Å². The molecule has 6 heteroatoms. The van der Waals surface area contributed by atoms with Crippen molar-refractivity contribution in [1.29, 1.82) is 0 Å². The van der Waals surface area contributed by atoms with Crippen molar-refractivity contribution in [3.63, 3.8) is 0 Å². The normalized spacial score (nSPS) is 11.0. The minimum atomic E-state index is -0.445. The van der Waals surface area contributed by atoms with Crippen LogP contribution in [0.5, 0.6) is 0 Å². The van der Waals surface area contributed by atoms with E-state index < -0.39 is 5.97 Å². The van der Waals surface area contributed by atoms with Gasteiger partial charge in [-0.3, -0.25) is 0 Å². The number of nitrogens with zero attached hydrogens (tertiary/aromatic N) is 3. The zero-order valence-corrected chi connectivity index (χ0v) is 9.60. The highest BCUT2D eigenvalue weighted by molar-refractivity contribution is 6.29. The van der Waals surface area contributed by atoms with Crippen molar-refractivity contribution in [2.75, 3.05) is 0 Å². The molecular formula is C10H10ClN3O2. The van der Waals surface area contributed by atoms with Crippen molar-refractivity contribution in [2.24, 2.45) is 0 Å². The summed E-state index contributed by atoms with van der Waals surface area (Å²) >= 11 is 5.89. The number of halogens is 1. The minimum Gasteiger partial charge on any atom is -0.459 e. The molecule has 0 saturated carbocycles. The van der Waals surface area contributed by atoms with Crippen LogP contribution in [0.1, 0.15) is 24.2 Å². The molecule has 2 aromatic heterocycles. The van der Waals surface area contributed by atoms with Gasteiger partial charge in [0.25, 0.3) is 0 Å². The van der Waals surface area contributed by atoms with Crippen molar-refractivity contribution in [3.8, 4) is 0 Å². The molecule has 0 bridgehead atoms. The van der Waals surface area contributed by atoms with E-state index in [2.05, 4.69) is 10.1 Å². The molecule has 0 radical (unpaired) electrons. The maximum atomic E-state index is 11.7. The summed E-state index contributed by atoms with van der Waals surface area (Å²) in [5, 5.41) is 4.36. The van der Waals surface area contributed by atoms with Gasteiger partial charge in [0.1, 0.15) is 10.7 Å². The Bertz CT molecular complexity index is 536. The zero-order valence-electron chi connectivity index (χ0n) is 8.85. The quantitative estimate of drug-likeness (QED) is 0.594. The molecule has 2 aromatic rings. The highest BCUT2D eigenvalue weighted by Gasteiger charge is 2.17. The van der Waals surface area contributed by atoms with Crippen LogP contribution in [0.4, 0.5) is 0 Å². The highest BCUT2D eigenvalue weighted by atomic mass is 35.5. The Labute approximate surface area is 97.0 Å². The second-order valence-electron chi connectivity index (χ2n) is 3.52. The molecule has 0 unspecified atom stereocenters. The van der Waals surface area contributed by atoms with Crippen molar-refractivity contribution >= 4 is 23.2 Å². The minimum absolute atomic E-state index is 0.179. The predicted molar refractivity (Wildman–Crippen MR) is 58.5 cm³/mol. The first-order valence-corrected chi connectivity index (χ1v) is 5.16. The summed E-state index contributed by atoms with van der Waals surface area (Å²) < 4.78 is 6.45. The first kappa shape index (κ1) is 10.9. The van der Waals surface area contributed by atoms with Crippen LogP contribution in [0.25, 0.3) is 5.65 Å². The fourth-order valence-corrected chi connectivity index (χ4v) is 1.46. The molecule has 0 aliphatic carbocycles. The largest absolute Gasteiger partial charge is 0.459 e. The van der Waals surface area contributed by atoms with Gasteiger partial charge in [-0.05, 0) is 19.9 Å². The maximum Gasteiger partial charge on any atom is 0.343 e. The third-order valence-electron chi connectivity index (χ3n) is 1.92. The molecule has 0 N–H and O–H groups in total. The molecule has 5 nitrogen and oxygen atoms in total. The summed E-state index contributed by atoms with van der Waals surface area (Å²) in [7, 11) is 0. The van der Waals surface area contributed by atoms with Gasteiger partial charge in [0, 0.05) is 6.20 Å². The summed E-state index contributed by atoms with van der Waals surface area (Å²) in [4.78, 5) is 15.7. The Morgan fingerprint density at radius 2 is 2.31 bits per heavy atom. The highest BCUT2D eigenvalue weighted by Crippen LogP contribution is 2.14. The lowest BCUT2D eigenvalue weighted by molar-refractivity contribution is 0.0380. The van der Waals surface area contributed by atoms with E-state index in [1.807, 2.05) is 0 Å². The maximum absolute atomic E-state index is 11.7. The van der Waals surface area contributed by atoms with E-state index in [4.69, 9.17) is 16.3 Å². The topological polar surface area (TPSA) is 56.5 Å². The number of esters is 1. The standard InChI is InChI=1S/C10H10ClN3O2/c1-6(2)16-10(15)7-5-13-14-8(11)3-4-12-9(7)14/h3-6H,1-2H3. The van der Waals surface area contributed by atoms with E-state index in [-0.39, 0.29) is 6.10 Å². The van der Waals surface area contributed by atoms with E-state index >= 15 is 0 Å². The molecule has 0 aromatic carbocycles. The van der Waals surface area contributed by atoms with Crippen molar-refractivity contribution < 1.29 is 9.53 Å². The van der Waals surface area contributed by atoms with E-state index in [9.17, 15) is 4.79 Å². The second-order valence-corrected chi connectivity index (χ2v) is 3.90. The summed E-state index contributed by atoms with van der Waals surface area (Å²) in [5.41, 5.74) is 0.717. The fourth-order valence-electron chi connectivity index (χ4n) is 1.28. The molecule has 2 rings (SSSR count). The molecule has 0 aliphatic rings. The zero-order chi connectivity index (χ0) is 11.7. The number of ether oxygens (including phenoxy) is 1. The number of hydrogen-bond acceptors (Lipinski definition) is 4. The third kappa shape index (κ3) is 1.86. The summed E-state index contributed by atoms with van der Waals surface area (Å²) in [5.74, 6) is -0.445. The van der Waals surface area contributed by atoms with Gasteiger partial charge in [-0.15, -0.1) is 0 Å². The number of carbonyl (C=O) groups is 1. The van der Waals surface area contributed by atoms with Gasteiger partial charge >= 0.3 is 5.97 Å². The molecule has 0 aliphatic heterocycles.